The highest BCUT2D eigenvalue weighted by atomic mass is 16.1. The fourth-order valence-corrected chi connectivity index (χ4v) is 2.24. The maximum absolute atomic E-state index is 11.8. The molecule has 1 aromatic rings. The van der Waals surface area contributed by atoms with Gasteiger partial charge < -0.3 is 11.1 Å². The first kappa shape index (κ1) is 15.7. The maximum atomic E-state index is 11.8. The van der Waals surface area contributed by atoms with Crippen molar-refractivity contribution in [1.29, 1.82) is 0 Å². The molecule has 106 valence electrons. The van der Waals surface area contributed by atoms with Crippen LogP contribution in [0.2, 0.25) is 0 Å². The van der Waals surface area contributed by atoms with Gasteiger partial charge in [-0.05, 0) is 37.3 Å². The molecule has 0 aromatic heterocycles. The van der Waals surface area contributed by atoms with Crippen LogP contribution in [0.25, 0.3) is 0 Å². The molecule has 3 N–H and O–H groups in total. The van der Waals surface area contributed by atoms with E-state index < -0.39 is 0 Å². The number of rotatable bonds is 9. The van der Waals surface area contributed by atoms with Crippen LogP contribution in [0.4, 0.5) is 0 Å². The maximum Gasteiger partial charge on any atom is 0.220 e. The Hall–Kier alpha value is -1.35. The van der Waals surface area contributed by atoms with Crippen molar-refractivity contribution in [2.45, 2.75) is 39.0 Å². The van der Waals surface area contributed by atoms with Crippen molar-refractivity contribution in [3.8, 4) is 0 Å². The summed E-state index contributed by atoms with van der Waals surface area (Å²) >= 11 is 0. The van der Waals surface area contributed by atoms with Crippen LogP contribution in [-0.2, 0) is 11.2 Å². The molecule has 0 aliphatic rings. The van der Waals surface area contributed by atoms with E-state index in [-0.39, 0.29) is 5.91 Å². The molecule has 1 rings (SSSR count). The van der Waals surface area contributed by atoms with Gasteiger partial charge in [0.2, 0.25) is 5.91 Å². The fraction of sp³-hybridized carbons (Fsp3) is 0.562. The Kier molecular flexibility index (Phi) is 7.91. The van der Waals surface area contributed by atoms with Crippen LogP contribution >= 0.6 is 0 Å². The Bertz CT molecular complexity index is 345. The summed E-state index contributed by atoms with van der Waals surface area (Å²) in [4.78, 5) is 11.8. The third-order valence-corrected chi connectivity index (χ3v) is 3.34. The van der Waals surface area contributed by atoms with Gasteiger partial charge in [0, 0.05) is 13.0 Å². The number of hydrogen-bond donors (Lipinski definition) is 2. The largest absolute Gasteiger partial charge is 0.356 e. The third kappa shape index (κ3) is 6.97. The molecule has 1 unspecified atom stereocenters. The van der Waals surface area contributed by atoms with E-state index in [2.05, 4.69) is 24.4 Å². The predicted octanol–water partition coefficient (Wildman–Crippen LogP) is 2.50. The Morgan fingerprint density at radius 1 is 1.26 bits per heavy atom. The van der Waals surface area contributed by atoms with Crippen LogP contribution < -0.4 is 11.1 Å². The van der Waals surface area contributed by atoms with Crippen molar-refractivity contribution in [3.63, 3.8) is 0 Å². The lowest BCUT2D eigenvalue weighted by atomic mass is 10.00. The minimum Gasteiger partial charge on any atom is -0.356 e. The highest BCUT2D eigenvalue weighted by Gasteiger charge is 2.09. The van der Waals surface area contributed by atoms with Crippen LogP contribution in [0, 0.1) is 5.92 Å². The molecule has 0 heterocycles. The quantitative estimate of drug-likeness (QED) is 0.718. The predicted molar refractivity (Wildman–Crippen MR) is 79.8 cm³/mol. The zero-order chi connectivity index (χ0) is 13.9. The molecule has 0 aliphatic heterocycles. The molecule has 1 amide bonds. The normalized spacial score (nSPS) is 12.1. The highest BCUT2D eigenvalue weighted by molar-refractivity contribution is 5.76. The zero-order valence-corrected chi connectivity index (χ0v) is 11.9. The highest BCUT2D eigenvalue weighted by Crippen LogP contribution is 2.09. The van der Waals surface area contributed by atoms with Gasteiger partial charge in [-0.3, -0.25) is 4.79 Å². The van der Waals surface area contributed by atoms with E-state index >= 15 is 0 Å². The standard InChI is InChI=1S/C16H26N2O/c1-2-6-15(11-12-17)13-18-16(19)10-9-14-7-4-3-5-8-14/h3-5,7-8,15H,2,6,9-13,17H2,1H3,(H,18,19). The number of benzene rings is 1. The van der Waals surface area contributed by atoms with Gasteiger partial charge in [0.15, 0.2) is 0 Å². The Morgan fingerprint density at radius 2 is 2.00 bits per heavy atom. The van der Waals surface area contributed by atoms with E-state index in [0.29, 0.717) is 18.9 Å². The topological polar surface area (TPSA) is 55.1 Å². The lowest BCUT2D eigenvalue weighted by Gasteiger charge is -2.15. The van der Waals surface area contributed by atoms with Crippen molar-refractivity contribution in [2.24, 2.45) is 11.7 Å². The first-order chi connectivity index (χ1) is 9.26. The molecule has 3 heteroatoms. The second-order valence-corrected chi connectivity index (χ2v) is 5.02. The van der Waals surface area contributed by atoms with Crippen molar-refractivity contribution in [3.05, 3.63) is 35.9 Å². The summed E-state index contributed by atoms with van der Waals surface area (Å²) < 4.78 is 0. The summed E-state index contributed by atoms with van der Waals surface area (Å²) in [6.45, 7) is 3.63. The lowest BCUT2D eigenvalue weighted by molar-refractivity contribution is -0.121. The third-order valence-electron chi connectivity index (χ3n) is 3.34. The molecule has 19 heavy (non-hydrogen) atoms. The lowest BCUT2D eigenvalue weighted by Crippen LogP contribution is -2.30. The molecular formula is C16H26N2O. The monoisotopic (exact) mass is 262 g/mol. The average molecular weight is 262 g/mol. The summed E-state index contributed by atoms with van der Waals surface area (Å²) in [6, 6.07) is 10.1. The van der Waals surface area contributed by atoms with Gasteiger partial charge in [-0.2, -0.15) is 0 Å². The number of carbonyl (C=O) groups is 1. The summed E-state index contributed by atoms with van der Waals surface area (Å²) in [6.07, 6.45) is 4.64. The SMILES string of the molecule is CCCC(CCN)CNC(=O)CCc1ccccc1. The van der Waals surface area contributed by atoms with E-state index in [1.165, 1.54) is 5.56 Å². The Morgan fingerprint density at radius 3 is 2.63 bits per heavy atom. The minimum absolute atomic E-state index is 0.141. The zero-order valence-electron chi connectivity index (χ0n) is 11.9. The van der Waals surface area contributed by atoms with Crippen molar-refractivity contribution >= 4 is 5.91 Å². The number of carbonyl (C=O) groups excluding carboxylic acids is 1. The first-order valence-corrected chi connectivity index (χ1v) is 7.27. The second-order valence-electron chi connectivity index (χ2n) is 5.02. The van der Waals surface area contributed by atoms with E-state index in [1.54, 1.807) is 0 Å². The number of amides is 1. The van der Waals surface area contributed by atoms with Crippen molar-refractivity contribution in [1.82, 2.24) is 5.32 Å². The summed E-state index contributed by atoms with van der Waals surface area (Å²) in [5.41, 5.74) is 6.80. The fourth-order valence-electron chi connectivity index (χ4n) is 2.24. The van der Waals surface area contributed by atoms with Gasteiger partial charge in [0.05, 0.1) is 0 Å². The van der Waals surface area contributed by atoms with Gasteiger partial charge >= 0.3 is 0 Å². The molecule has 0 saturated heterocycles. The number of hydrogen-bond acceptors (Lipinski definition) is 2. The Labute approximate surface area is 116 Å². The molecular weight excluding hydrogens is 236 g/mol. The molecule has 0 aliphatic carbocycles. The molecule has 3 nitrogen and oxygen atoms in total. The number of nitrogens with one attached hydrogen (secondary N) is 1. The molecule has 0 saturated carbocycles. The number of nitrogens with two attached hydrogens (primary N) is 1. The van der Waals surface area contributed by atoms with Crippen LogP contribution in [-0.4, -0.2) is 19.0 Å². The summed E-state index contributed by atoms with van der Waals surface area (Å²) in [5, 5.41) is 3.03. The van der Waals surface area contributed by atoms with Gasteiger partial charge in [0.1, 0.15) is 0 Å². The number of aryl methyl sites for hydroxylation is 1. The molecule has 1 atom stereocenters. The van der Waals surface area contributed by atoms with Gasteiger partial charge in [-0.1, -0.05) is 43.7 Å². The van der Waals surface area contributed by atoms with E-state index in [0.717, 1.165) is 32.2 Å². The molecule has 1 aromatic carbocycles. The molecule has 0 bridgehead atoms. The summed E-state index contributed by atoms with van der Waals surface area (Å²) in [7, 11) is 0. The van der Waals surface area contributed by atoms with Crippen molar-refractivity contribution in [2.75, 3.05) is 13.1 Å². The summed E-state index contributed by atoms with van der Waals surface area (Å²) in [5.74, 6) is 0.664. The minimum atomic E-state index is 0.141. The van der Waals surface area contributed by atoms with Crippen LogP contribution in [0.5, 0.6) is 0 Å². The van der Waals surface area contributed by atoms with E-state index in [1.807, 2.05) is 18.2 Å². The Balaban J connectivity index is 2.23. The van der Waals surface area contributed by atoms with Crippen LogP contribution in [0.3, 0.4) is 0 Å². The molecule has 0 spiro atoms. The first-order valence-electron chi connectivity index (χ1n) is 7.27. The molecule has 0 fully saturated rings. The van der Waals surface area contributed by atoms with E-state index in [4.69, 9.17) is 5.73 Å². The second kappa shape index (κ2) is 9.56. The van der Waals surface area contributed by atoms with Gasteiger partial charge in [-0.25, -0.2) is 0 Å². The smallest absolute Gasteiger partial charge is 0.220 e. The van der Waals surface area contributed by atoms with Gasteiger partial charge in [0.25, 0.3) is 0 Å². The average Bonchev–Trinajstić information content (AvgIpc) is 2.44. The molecule has 0 radical (unpaired) electrons. The van der Waals surface area contributed by atoms with Gasteiger partial charge in [-0.15, -0.1) is 0 Å². The van der Waals surface area contributed by atoms with Crippen LogP contribution in [0.1, 0.15) is 38.2 Å². The van der Waals surface area contributed by atoms with Crippen molar-refractivity contribution < 1.29 is 4.79 Å². The van der Waals surface area contributed by atoms with Crippen LogP contribution in [0.15, 0.2) is 30.3 Å². The van der Waals surface area contributed by atoms with E-state index in [9.17, 15) is 4.79 Å².